The lowest BCUT2D eigenvalue weighted by atomic mass is 9.91. The number of amides is 1. The first-order valence-electron chi connectivity index (χ1n) is 12.2. The Balaban J connectivity index is 1.72. The number of nitrogens with zero attached hydrogens (tertiary/aromatic N) is 3. The highest BCUT2D eigenvalue weighted by atomic mass is 16.5. The summed E-state index contributed by atoms with van der Waals surface area (Å²) in [5.74, 6) is -0.128. The van der Waals surface area contributed by atoms with Crippen LogP contribution in [0.25, 0.3) is 5.69 Å². The Labute approximate surface area is 210 Å². The molecule has 1 atom stereocenters. The predicted molar refractivity (Wildman–Crippen MR) is 136 cm³/mol. The zero-order valence-corrected chi connectivity index (χ0v) is 21.1. The van der Waals surface area contributed by atoms with Gasteiger partial charge < -0.3 is 14.4 Å². The number of Topliss-reactive ketones (excluding diaryl/α,β-unsaturated/α-hetero) is 1. The molecule has 4 rings (SSSR count). The normalized spacial score (nSPS) is 13.8. The maximum atomic E-state index is 13.8. The molecule has 2 heterocycles. The highest BCUT2D eigenvalue weighted by Crippen LogP contribution is 2.31. The van der Waals surface area contributed by atoms with Gasteiger partial charge in [-0.25, -0.2) is 9.48 Å². The minimum Gasteiger partial charge on any atom is -0.497 e. The average Bonchev–Trinajstić information content (AvgIpc) is 3.28. The van der Waals surface area contributed by atoms with E-state index in [2.05, 4.69) is 12.0 Å². The van der Waals surface area contributed by atoms with E-state index in [1.165, 1.54) is 4.68 Å². The number of anilines is 1. The summed E-state index contributed by atoms with van der Waals surface area (Å²) in [4.78, 5) is 40.2. The zero-order chi connectivity index (χ0) is 25.8. The van der Waals surface area contributed by atoms with E-state index >= 15 is 0 Å². The summed E-state index contributed by atoms with van der Waals surface area (Å²) in [5.41, 5.74) is 3.40. The zero-order valence-electron chi connectivity index (χ0n) is 21.1. The molecule has 0 saturated heterocycles. The molecule has 0 N–H and O–H groups in total. The second-order valence-corrected chi connectivity index (χ2v) is 8.76. The third-order valence-corrected chi connectivity index (χ3v) is 6.48. The van der Waals surface area contributed by atoms with Gasteiger partial charge in [-0.05, 0) is 68.7 Å². The van der Waals surface area contributed by atoms with Crippen LogP contribution in [0.2, 0.25) is 0 Å². The first-order chi connectivity index (χ1) is 17.4. The number of fused-ring (bicyclic) bond motifs is 1. The monoisotopic (exact) mass is 489 g/mol. The topological polar surface area (TPSA) is 90.7 Å². The Bertz CT molecular complexity index is 1260. The second-order valence-electron chi connectivity index (χ2n) is 8.76. The number of benzene rings is 2. The first-order valence-corrected chi connectivity index (χ1v) is 12.2. The quantitative estimate of drug-likeness (QED) is 0.404. The van der Waals surface area contributed by atoms with Gasteiger partial charge in [-0.2, -0.15) is 5.10 Å². The molecule has 1 aliphatic heterocycles. The van der Waals surface area contributed by atoms with Crippen molar-refractivity contribution in [3.05, 3.63) is 71.0 Å². The summed E-state index contributed by atoms with van der Waals surface area (Å²) >= 11 is 0. The Morgan fingerprint density at radius 1 is 1.03 bits per heavy atom. The molecule has 1 unspecified atom stereocenters. The molecule has 1 aliphatic rings. The van der Waals surface area contributed by atoms with Crippen LogP contribution in [0, 0.1) is 0 Å². The van der Waals surface area contributed by atoms with E-state index in [4.69, 9.17) is 9.47 Å². The van der Waals surface area contributed by atoms with Gasteiger partial charge in [0.05, 0.1) is 19.4 Å². The largest absolute Gasteiger partial charge is 0.497 e. The maximum Gasteiger partial charge on any atom is 0.359 e. The lowest BCUT2D eigenvalue weighted by Crippen LogP contribution is -2.39. The highest BCUT2D eigenvalue weighted by Gasteiger charge is 2.35. The highest BCUT2D eigenvalue weighted by molar-refractivity contribution is 6.09. The summed E-state index contributed by atoms with van der Waals surface area (Å²) < 4.78 is 12.0. The van der Waals surface area contributed by atoms with Gasteiger partial charge in [-0.3, -0.25) is 9.59 Å². The molecule has 1 aromatic heterocycles. The Morgan fingerprint density at radius 3 is 2.28 bits per heavy atom. The molecule has 36 heavy (non-hydrogen) atoms. The second kappa shape index (κ2) is 10.8. The van der Waals surface area contributed by atoms with Crippen molar-refractivity contribution in [2.75, 3.05) is 25.2 Å². The molecular formula is C28H31N3O5. The van der Waals surface area contributed by atoms with Crippen molar-refractivity contribution in [1.29, 1.82) is 0 Å². The van der Waals surface area contributed by atoms with Crippen molar-refractivity contribution < 1.29 is 23.9 Å². The molecule has 0 aliphatic carbocycles. The third kappa shape index (κ3) is 4.76. The maximum absolute atomic E-state index is 13.8. The van der Waals surface area contributed by atoms with Crippen LogP contribution in [0.3, 0.4) is 0 Å². The number of ether oxygens (including phenoxy) is 2. The summed E-state index contributed by atoms with van der Waals surface area (Å²) in [6.07, 6.45) is 2.16. The molecule has 2 aromatic carbocycles. The van der Waals surface area contributed by atoms with E-state index in [9.17, 15) is 14.4 Å². The lowest BCUT2D eigenvalue weighted by molar-refractivity contribution is -0.118. The molecule has 0 spiro atoms. The minimum atomic E-state index is -0.544. The van der Waals surface area contributed by atoms with E-state index in [-0.39, 0.29) is 29.9 Å². The van der Waals surface area contributed by atoms with Crippen LogP contribution in [0.5, 0.6) is 5.75 Å². The van der Waals surface area contributed by atoms with Crippen molar-refractivity contribution >= 4 is 23.3 Å². The molecule has 3 aromatic rings. The van der Waals surface area contributed by atoms with Crippen LogP contribution in [0.15, 0.2) is 48.5 Å². The van der Waals surface area contributed by atoms with Crippen molar-refractivity contribution in [2.24, 2.45) is 0 Å². The van der Waals surface area contributed by atoms with Gasteiger partial charge in [0.25, 0.3) is 5.91 Å². The number of rotatable bonds is 9. The molecular weight excluding hydrogens is 458 g/mol. The molecule has 8 heteroatoms. The van der Waals surface area contributed by atoms with Gasteiger partial charge in [-0.15, -0.1) is 0 Å². The number of methoxy groups -OCH3 is 1. The van der Waals surface area contributed by atoms with Gasteiger partial charge in [-0.1, -0.05) is 25.5 Å². The molecule has 0 fully saturated rings. The molecule has 8 nitrogen and oxygen atoms in total. The number of hydrogen-bond donors (Lipinski definition) is 0. The number of carbonyl (C=O) groups is 3. The number of ketones is 1. The van der Waals surface area contributed by atoms with Gasteiger partial charge in [0.15, 0.2) is 5.69 Å². The Morgan fingerprint density at radius 2 is 1.69 bits per heavy atom. The van der Waals surface area contributed by atoms with Crippen molar-refractivity contribution in [3.8, 4) is 11.4 Å². The summed E-state index contributed by atoms with van der Waals surface area (Å²) in [7, 11) is 1.58. The minimum absolute atomic E-state index is 0.137. The SMILES string of the molecule is CCCC(C(C)=O)c1ccc(N2CCc3c(C(=O)OCC)nn(-c4ccc(OC)cc4)c3C2=O)cc1. The van der Waals surface area contributed by atoms with E-state index < -0.39 is 5.97 Å². The van der Waals surface area contributed by atoms with Crippen LogP contribution in [0.4, 0.5) is 5.69 Å². The van der Waals surface area contributed by atoms with E-state index in [1.807, 2.05) is 24.3 Å². The van der Waals surface area contributed by atoms with Crippen LogP contribution < -0.4 is 9.64 Å². The predicted octanol–water partition coefficient (Wildman–Crippen LogP) is 4.73. The van der Waals surface area contributed by atoms with Crippen molar-refractivity contribution in [3.63, 3.8) is 0 Å². The fourth-order valence-electron chi connectivity index (χ4n) is 4.66. The number of aromatic nitrogens is 2. The van der Waals surface area contributed by atoms with Crippen LogP contribution in [-0.2, 0) is 16.0 Å². The van der Waals surface area contributed by atoms with E-state index in [1.54, 1.807) is 50.1 Å². The van der Waals surface area contributed by atoms with Crippen molar-refractivity contribution in [1.82, 2.24) is 9.78 Å². The smallest absolute Gasteiger partial charge is 0.359 e. The fraction of sp³-hybridized carbons (Fsp3) is 0.357. The summed E-state index contributed by atoms with van der Waals surface area (Å²) in [5, 5.41) is 4.51. The van der Waals surface area contributed by atoms with Crippen LogP contribution in [0.1, 0.15) is 71.6 Å². The third-order valence-electron chi connectivity index (χ3n) is 6.48. The first kappa shape index (κ1) is 25.2. The van der Waals surface area contributed by atoms with Gasteiger partial charge in [0, 0.05) is 23.7 Å². The van der Waals surface area contributed by atoms with Gasteiger partial charge in [0.1, 0.15) is 17.2 Å². The van der Waals surface area contributed by atoms with E-state index in [0.717, 1.165) is 24.1 Å². The van der Waals surface area contributed by atoms with Gasteiger partial charge in [0.2, 0.25) is 0 Å². The lowest BCUT2D eigenvalue weighted by Gasteiger charge is -2.28. The molecule has 0 bridgehead atoms. The number of hydrogen-bond acceptors (Lipinski definition) is 6. The summed E-state index contributed by atoms with van der Waals surface area (Å²) in [6.45, 7) is 6.03. The van der Waals surface area contributed by atoms with Gasteiger partial charge >= 0.3 is 5.97 Å². The van der Waals surface area contributed by atoms with Crippen LogP contribution in [-0.4, -0.2) is 47.7 Å². The molecule has 0 radical (unpaired) electrons. The fourth-order valence-corrected chi connectivity index (χ4v) is 4.66. The van der Waals surface area contributed by atoms with E-state index in [0.29, 0.717) is 35.7 Å². The number of esters is 1. The molecule has 188 valence electrons. The average molecular weight is 490 g/mol. The Kier molecular flexibility index (Phi) is 7.52. The number of carbonyl (C=O) groups excluding carboxylic acids is 3. The molecule has 1 amide bonds. The van der Waals surface area contributed by atoms with Crippen molar-refractivity contribution in [2.45, 2.75) is 46.0 Å². The molecule has 0 saturated carbocycles. The standard InChI is InChI=1S/C28H31N3O5/c1-5-7-23(18(3)32)19-8-10-20(11-9-19)30-17-16-24-25(28(34)36-6-2)29-31(26(24)27(30)33)21-12-14-22(35-4)15-13-21/h8-15,23H,5-7,16-17H2,1-4H3. The summed E-state index contributed by atoms with van der Waals surface area (Å²) in [6, 6.07) is 14.7. The Hall–Kier alpha value is -3.94. The van der Waals surface area contributed by atoms with Crippen LogP contribution >= 0.6 is 0 Å².